The standard InChI is InChI=1S/C17H18Cl2/c1-12-6-7-14(8-13(12)2)9-16(11-18)15-4-3-5-17(19)10-15/h3-8,10,16H,9,11H2,1-2H3. The van der Waals surface area contributed by atoms with E-state index in [-0.39, 0.29) is 0 Å². The van der Waals surface area contributed by atoms with Gasteiger partial charge in [-0.1, -0.05) is 41.9 Å². The lowest BCUT2D eigenvalue weighted by Crippen LogP contribution is -2.05. The highest BCUT2D eigenvalue weighted by atomic mass is 35.5. The smallest absolute Gasteiger partial charge is 0.0408 e. The van der Waals surface area contributed by atoms with Crippen molar-refractivity contribution in [2.24, 2.45) is 0 Å². The van der Waals surface area contributed by atoms with Crippen LogP contribution in [-0.4, -0.2) is 5.88 Å². The molecule has 0 N–H and O–H groups in total. The van der Waals surface area contributed by atoms with Crippen molar-refractivity contribution in [3.63, 3.8) is 0 Å². The topological polar surface area (TPSA) is 0 Å². The van der Waals surface area contributed by atoms with Crippen molar-refractivity contribution < 1.29 is 0 Å². The molecule has 0 aliphatic heterocycles. The van der Waals surface area contributed by atoms with Gasteiger partial charge in [-0.25, -0.2) is 0 Å². The normalized spacial score (nSPS) is 12.4. The minimum atomic E-state index is 0.308. The van der Waals surface area contributed by atoms with Crippen molar-refractivity contribution in [2.75, 3.05) is 5.88 Å². The quantitative estimate of drug-likeness (QED) is 0.651. The van der Waals surface area contributed by atoms with Crippen molar-refractivity contribution in [2.45, 2.75) is 26.2 Å². The molecule has 2 aromatic carbocycles. The molecule has 2 heteroatoms. The summed E-state index contributed by atoms with van der Waals surface area (Å²) in [5, 5.41) is 0.771. The van der Waals surface area contributed by atoms with Crippen LogP contribution in [0.3, 0.4) is 0 Å². The molecule has 0 fully saturated rings. The monoisotopic (exact) mass is 292 g/mol. The van der Waals surface area contributed by atoms with Crippen molar-refractivity contribution >= 4 is 23.2 Å². The number of halogens is 2. The molecule has 0 saturated heterocycles. The Morgan fingerprint density at radius 1 is 1.00 bits per heavy atom. The molecule has 19 heavy (non-hydrogen) atoms. The minimum Gasteiger partial charge on any atom is -0.126 e. The summed E-state index contributed by atoms with van der Waals surface area (Å²) in [6.45, 7) is 4.28. The largest absolute Gasteiger partial charge is 0.126 e. The Morgan fingerprint density at radius 3 is 2.42 bits per heavy atom. The summed E-state index contributed by atoms with van der Waals surface area (Å²) in [7, 11) is 0. The molecule has 0 saturated carbocycles. The summed E-state index contributed by atoms with van der Waals surface area (Å²) in [4.78, 5) is 0. The van der Waals surface area contributed by atoms with Gasteiger partial charge in [0.05, 0.1) is 0 Å². The molecule has 0 spiro atoms. The summed E-state index contributed by atoms with van der Waals surface area (Å²) in [5.41, 5.74) is 5.19. The molecule has 1 unspecified atom stereocenters. The van der Waals surface area contributed by atoms with E-state index in [9.17, 15) is 0 Å². The Bertz CT molecular complexity index is 561. The fourth-order valence-corrected chi connectivity index (χ4v) is 2.72. The molecule has 2 aromatic rings. The van der Waals surface area contributed by atoms with Gasteiger partial charge in [-0.15, -0.1) is 11.6 Å². The number of benzene rings is 2. The molecule has 0 heterocycles. The molecule has 0 aromatic heterocycles. The first-order valence-corrected chi connectivity index (χ1v) is 7.39. The van der Waals surface area contributed by atoms with E-state index in [1.54, 1.807) is 0 Å². The number of hydrogen-bond donors (Lipinski definition) is 0. The number of alkyl halides is 1. The maximum atomic E-state index is 6.13. The van der Waals surface area contributed by atoms with Crippen molar-refractivity contribution in [3.8, 4) is 0 Å². The second-order valence-corrected chi connectivity index (χ2v) is 5.77. The zero-order valence-corrected chi connectivity index (χ0v) is 12.8. The van der Waals surface area contributed by atoms with E-state index in [2.05, 4.69) is 38.1 Å². The molecule has 1 atom stereocenters. The van der Waals surface area contributed by atoms with Gasteiger partial charge in [-0.05, 0) is 54.7 Å². The van der Waals surface area contributed by atoms with E-state index in [1.165, 1.54) is 22.3 Å². The van der Waals surface area contributed by atoms with Gasteiger partial charge >= 0.3 is 0 Å². The Balaban J connectivity index is 2.21. The molecule has 100 valence electrons. The maximum absolute atomic E-state index is 6.13. The summed E-state index contributed by atoms with van der Waals surface area (Å²) < 4.78 is 0. The van der Waals surface area contributed by atoms with E-state index in [0.29, 0.717) is 11.8 Å². The zero-order chi connectivity index (χ0) is 13.8. The molecule has 0 aliphatic rings. The average molecular weight is 293 g/mol. The molecule has 0 amide bonds. The Morgan fingerprint density at radius 2 is 1.79 bits per heavy atom. The van der Waals surface area contributed by atoms with Crippen LogP contribution in [0.1, 0.15) is 28.2 Å². The molecule has 0 radical (unpaired) electrons. The van der Waals surface area contributed by atoms with Crippen LogP contribution in [0.4, 0.5) is 0 Å². The SMILES string of the molecule is Cc1ccc(CC(CCl)c2cccc(Cl)c2)cc1C. The van der Waals surface area contributed by atoms with Crippen LogP contribution < -0.4 is 0 Å². The van der Waals surface area contributed by atoms with E-state index >= 15 is 0 Å². The second-order valence-electron chi connectivity index (χ2n) is 5.03. The van der Waals surface area contributed by atoms with Gasteiger partial charge in [0.1, 0.15) is 0 Å². The highest BCUT2D eigenvalue weighted by molar-refractivity contribution is 6.30. The number of aryl methyl sites for hydroxylation is 2. The van der Waals surface area contributed by atoms with Gasteiger partial charge in [-0.3, -0.25) is 0 Å². The summed E-state index contributed by atoms with van der Waals surface area (Å²) in [5.74, 6) is 0.912. The molecule has 0 aliphatic carbocycles. The second kappa shape index (κ2) is 6.45. The lowest BCUT2D eigenvalue weighted by atomic mass is 9.92. The summed E-state index contributed by atoms with van der Waals surface area (Å²) in [6.07, 6.45) is 0.949. The van der Waals surface area contributed by atoms with E-state index in [1.807, 2.05) is 18.2 Å². The summed E-state index contributed by atoms with van der Waals surface area (Å²) in [6, 6.07) is 14.6. The fraction of sp³-hybridized carbons (Fsp3) is 0.294. The first-order chi connectivity index (χ1) is 9.10. The highest BCUT2D eigenvalue weighted by Gasteiger charge is 2.12. The van der Waals surface area contributed by atoms with Crippen LogP contribution in [0.5, 0.6) is 0 Å². The third-order valence-electron chi connectivity index (χ3n) is 3.56. The molecular weight excluding hydrogens is 275 g/mol. The van der Waals surface area contributed by atoms with E-state index in [0.717, 1.165) is 11.4 Å². The van der Waals surface area contributed by atoms with Crippen LogP contribution >= 0.6 is 23.2 Å². The van der Waals surface area contributed by atoms with E-state index in [4.69, 9.17) is 23.2 Å². The van der Waals surface area contributed by atoms with Gasteiger partial charge in [0, 0.05) is 16.8 Å². The predicted octanol–water partition coefficient (Wildman–Crippen LogP) is 5.52. The third kappa shape index (κ3) is 3.75. The highest BCUT2D eigenvalue weighted by Crippen LogP contribution is 2.25. The van der Waals surface area contributed by atoms with Crippen molar-refractivity contribution in [3.05, 3.63) is 69.7 Å². The Kier molecular flexibility index (Phi) is 4.90. The molecular formula is C17H18Cl2. The summed E-state index contributed by atoms with van der Waals surface area (Å²) >= 11 is 12.2. The fourth-order valence-electron chi connectivity index (χ4n) is 2.24. The molecule has 0 nitrogen and oxygen atoms in total. The molecule has 2 rings (SSSR count). The number of hydrogen-bond acceptors (Lipinski definition) is 0. The van der Waals surface area contributed by atoms with Gasteiger partial charge in [0.15, 0.2) is 0 Å². The van der Waals surface area contributed by atoms with Crippen LogP contribution in [0.2, 0.25) is 5.02 Å². The Hall–Kier alpha value is -0.980. The average Bonchev–Trinajstić information content (AvgIpc) is 2.40. The van der Waals surface area contributed by atoms with Crippen molar-refractivity contribution in [1.29, 1.82) is 0 Å². The van der Waals surface area contributed by atoms with Crippen LogP contribution in [-0.2, 0) is 6.42 Å². The lowest BCUT2D eigenvalue weighted by Gasteiger charge is -2.15. The zero-order valence-electron chi connectivity index (χ0n) is 11.3. The van der Waals surface area contributed by atoms with Gasteiger partial charge in [-0.2, -0.15) is 0 Å². The van der Waals surface area contributed by atoms with Crippen LogP contribution in [0, 0.1) is 13.8 Å². The molecule has 0 bridgehead atoms. The van der Waals surface area contributed by atoms with Crippen LogP contribution in [0.15, 0.2) is 42.5 Å². The van der Waals surface area contributed by atoms with Crippen LogP contribution in [0.25, 0.3) is 0 Å². The lowest BCUT2D eigenvalue weighted by molar-refractivity contribution is 0.765. The first-order valence-electron chi connectivity index (χ1n) is 6.47. The maximum Gasteiger partial charge on any atom is 0.0408 e. The van der Waals surface area contributed by atoms with Gasteiger partial charge in [0.2, 0.25) is 0 Å². The first kappa shape index (κ1) is 14.4. The van der Waals surface area contributed by atoms with E-state index < -0.39 is 0 Å². The van der Waals surface area contributed by atoms with Gasteiger partial charge in [0.25, 0.3) is 0 Å². The van der Waals surface area contributed by atoms with Gasteiger partial charge < -0.3 is 0 Å². The Labute approximate surface area is 125 Å². The predicted molar refractivity (Wildman–Crippen MR) is 84.5 cm³/mol. The third-order valence-corrected chi connectivity index (χ3v) is 4.17. The minimum absolute atomic E-state index is 0.308. The van der Waals surface area contributed by atoms with Crippen molar-refractivity contribution in [1.82, 2.24) is 0 Å². The number of rotatable bonds is 4.